The van der Waals surface area contributed by atoms with Crippen molar-refractivity contribution >= 4 is 5.97 Å². The molecule has 3 atom stereocenters. The highest BCUT2D eigenvalue weighted by Crippen LogP contribution is 2.26. The zero-order chi connectivity index (χ0) is 22.8. The summed E-state index contributed by atoms with van der Waals surface area (Å²) in [5, 5.41) is 32.9. The molecule has 0 radical (unpaired) electrons. The van der Waals surface area contributed by atoms with Gasteiger partial charge in [0.1, 0.15) is 6.04 Å². The summed E-state index contributed by atoms with van der Waals surface area (Å²) in [5.41, 5.74) is 0.283. The van der Waals surface area contributed by atoms with Crippen molar-refractivity contribution in [3.63, 3.8) is 0 Å². The lowest BCUT2D eigenvalue weighted by Gasteiger charge is -2.23. The van der Waals surface area contributed by atoms with Crippen molar-refractivity contribution in [3.05, 3.63) is 0 Å². The summed E-state index contributed by atoms with van der Waals surface area (Å²) in [7, 11) is 0. The fourth-order valence-corrected chi connectivity index (χ4v) is 3.78. The van der Waals surface area contributed by atoms with Gasteiger partial charge in [-0.1, -0.05) is 72.6 Å². The molecule has 1 fully saturated rings. The first-order valence-electron chi connectivity index (χ1n) is 12.2. The highest BCUT2D eigenvalue weighted by atomic mass is 16.4. The van der Waals surface area contributed by atoms with Gasteiger partial charge >= 0.3 is 5.97 Å². The summed E-state index contributed by atoms with van der Waals surface area (Å²) >= 11 is 0. The molecule has 1 saturated heterocycles. The maximum absolute atomic E-state index is 10.7. The third kappa shape index (κ3) is 18.1. The second-order valence-corrected chi connectivity index (χ2v) is 9.95. The minimum Gasteiger partial charge on any atom is -0.480 e. The number of unbranched alkanes of at least 4 members (excludes halogenated alkanes) is 7. The number of aliphatic hydroxyl groups is 2. The monoisotopic (exact) mass is 430 g/mol. The molecular weight excluding hydrogens is 380 g/mol. The normalized spacial score (nSPS) is 19.9. The van der Waals surface area contributed by atoms with E-state index in [1.165, 1.54) is 51.4 Å². The third-order valence-corrected chi connectivity index (χ3v) is 5.47. The summed E-state index contributed by atoms with van der Waals surface area (Å²) in [6.45, 7) is 10.5. The van der Waals surface area contributed by atoms with Gasteiger partial charge in [0.15, 0.2) is 0 Å². The summed E-state index contributed by atoms with van der Waals surface area (Å²) in [5.74, 6) is -0.712. The Morgan fingerprint density at radius 1 is 1.03 bits per heavy atom. The fraction of sp³-hybridized carbons (Fsp3) is 0.958. The van der Waals surface area contributed by atoms with Gasteiger partial charge in [-0.3, -0.25) is 4.79 Å². The Hall–Kier alpha value is -0.690. The molecule has 0 aromatic rings. The number of rotatable bonds is 15. The molecule has 180 valence electrons. The van der Waals surface area contributed by atoms with Crippen LogP contribution < -0.4 is 10.6 Å². The first-order valence-corrected chi connectivity index (χ1v) is 12.2. The minimum atomic E-state index is -0.712. The van der Waals surface area contributed by atoms with Crippen molar-refractivity contribution in [1.29, 1.82) is 0 Å². The predicted molar refractivity (Wildman–Crippen MR) is 125 cm³/mol. The van der Waals surface area contributed by atoms with Crippen LogP contribution in [0.4, 0.5) is 0 Å². The maximum atomic E-state index is 10.7. The molecule has 0 aromatic carbocycles. The molecule has 1 rings (SSSR count). The Labute approximate surface area is 185 Å². The fourth-order valence-electron chi connectivity index (χ4n) is 3.78. The van der Waals surface area contributed by atoms with E-state index in [0.29, 0.717) is 12.5 Å². The highest BCUT2D eigenvalue weighted by Gasteiger charge is 2.30. The maximum Gasteiger partial charge on any atom is 0.320 e. The van der Waals surface area contributed by atoms with Crippen molar-refractivity contribution in [1.82, 2.24) is 10.6 Å². The van der Waals surface area contributed by atoms with E-state index in [0.717, 1.165) is 32.4 Å². The van der Waals surface area contributed by atoms with Crippen LogP contribution in [0.2, 0.25) is 0 Å². The van der Waals surface area contributed by atoms with Crippen LogP contribution in [-0.4, -0.2) is 59.2 Å². The molecule has 30 heavy (non-hydrogen) atoms. The van der Waals surface area contributed by atoms with Crippen LogP contribution in [0.1, 0.15) is 105 Å². The number of hydrogen-bond donors (Lipinski definition) is 5. The van der Waals surface area contributed by atoms with Gasteiger partial charge in [0.2, 0.25) is 0 Å². The van der Waals surface area contributed by atoms with E-state index in [2.05, 4.69) is 38.3 Å². The van der Waals surface area contributed by atoms with Crippen LogP contribution in [-0.2, 0) is 4.79 Å². The Bertz CT molecular complexity index is 413. The van der Waals surface area contributed by atoms with Crippen LogP contribution in [0.5, 0.6) is 0 Å². The van der Waals surface area contributed by atoms with E-state index in [4.69, 9.17) is 15.3 Å². The van der Waals surface area contributed by atoms with E-state index in [1.54, 1.807) is 0 Å². The quantitative estimate of drug-likeness (QED) is 0.251. The first-order chi connectivity index (χ1) is 14.2. The summed E-state index contributed by atoms with van der Waals surface area (Å²) < 4.78 is 0. The Balaban J connectivity index is 0.000000579. The molecule has 0 saturated carbocycles. The van der Waals surface area contributed by atoms with E-state index in [1.807, 2.05) is 0 Å². The molecule has 6 heteroatoms. The molecule has 0 amide bonds. The lowest BCUT2D eigenvalue weighted by atomic mass is 9.88. The lowest BCUT2D eigenvalue weighted by molar-refractivity contribution is -0.139. The zero-order valence-electron chi connectivity index (χ0n) is 20.1. The Kier molecular flexibility index (Phi) is 17.5. The average molecular weight is 431 g/mol. The molecule has 0 spiro atoms. The van der Waals surface area contributed by atoms with Gasteiger partial charge in [0.25, 0.3) is 0 Å². The van der Waals surface area contributed by atoms with Gasteiger partial charge in [-0.15, -0.1) is 0 Å². The molecule has 0 bridgehead atoms. The van der Waals surface area contributed by atoms with Crippen molar-refractivity contribution < 1.29 is 20.1 Å². The van der Waals surface area contributed by atoms with Gasteiger partial charge in [-0.2, -0.15) is 0 Å². The topological polar surface area (TPSA) is 102 Å². The molecule has 2 unspecified atom stereocenters. The standard InChI is InChI=1S/C14H31NO2.C10H19NO2/c1-2-3-4-5-6-7-8-9-11-15-12-10-14(17)13-16;1-10(2,3)6-7-4-5-8(11-7)9(12)13/h14-17H,2-13H2,1H3;7-8,11H,4-6H2,1-3H3,(H,12,13)/t14-;/m0./s1. The summed E-state index contributed by atoms with van der Waals surface area (Å²) in [4.78, 5) is 10.7. The molecule has 1 aliphatic heterocycles. The number of aliphatic carboxylic acids is 1. The largest absolute Gasteiger partial charge is 0.480 e. The molecule has 0 aliphatic carbocycles. The molecule has 0 aromatic heterocycles. The number of hydrogen-bond acceptors (Lipinski definition) is 5. The van der Waals surface area contributed by atoms with Gasteiger partial charge in [-0.05, 0) is 50.6 Å². The van der Waals surface area contributed by atoms with E-state index < -0.39 is 12.1 Å². The van der Waals surface area contributed by atoms with E-state index in [9.17, 15) is 4.79 Å². The number of carbonyl (C=O) groups is 1. The SMILES string of the molecule is CC(C)(C)CC1CCC(C(=O)O)N1.CCCCCCCCCCNCC[C@H](O)CO. The summed E-state index contributed by atoms with van der Waals surface area (Å²) in [6.07, 6.45) is 13.7. The highest BCUT2D eigenvalue weighted by molar-refractivity contribution is 5.73. The smallest absolute Gasteiger partial charge is 0.320 e. The zero-order valence-corrected chi connectivity index (χ0v) is 20.1. The van der Waals surface area contributed by atoms with Crippen molar-refractivity contribution in [2.24, 2.45) is 5.41 Å². The Morgan fingerprint density at radius 3 is 2.13 bits per heavy atom. The van der Waals surface area contributed by atoms with Gasteiger partial charge in [0, 0.05) is 6.04 Å². The second-order valence-electron chi connectivity index (χ2n) is 9.95. The number of aliphatic hydroxyl groups excluding tert-OH is 2. The average Bonchev–Trinajstić information content (AvgIpc) is 3.13. The molecular formula is C24H50N2O4. The summed E-state index contributed by atoms with van der Waals surface area (Å²) in [6, 6.07) is 0.0773. The van der Waals surface area contributed by atoms with Gasteiger partial charge in [-0.25, -0.2) is 0 Å². The van der Waals surface area contributed by atoms with Gasteiger partial charge < -0.3 is 26.0 Å². The van der Waals surface area contributed by atoms with Crippen LogP contribution in [0, 0.1) is 5.41 Å². The molecule has 5 N–H and O–H groups in total. The first kappa shape index (κ1) is 29.3. The van der Waals surface area contributed by atoms with E-state index in [-0.39, 0.29) is 18.1 Å². The van der Waals surface area contributed by atoms with Crippen molar-refractivity contribution in [2.75, 3.05) is 19.7 Å². The van der Waals surface area contributed by atoms with Crippen LogP contribution in [0.15, 0.2) is 0 Å². The lowest BCUT2D eigenvalue weighted by Crippen LogP contribution is -2.36. The van der Waals surface area contributed by atoms with Crippen molar-refractivity contribution in [2.45, 2.75) is 123 Å². The number of carboxylic acid groups (broad SMARTS) is 1. The Morgan fingerprint density at radius 2 is 1.63 bits per heavy atom. The molecule has 6 nitrogen and oxygen atoms in total. The van der Waals surface area contributed by atoms with Crippen LogP contribution in [0.3, 0.4) is 0 Å². The minimum absolute atomic E-state index is 0.126. The van der Waals surface area contributed by atoms with E-state index >= 15 is 0 Å². The molecule has 1 heterocycles. The van der Waals surface area contributed by atoms with Crippen molar-refractivity contribution in [3.8, 4) is 0 Å². The predicted octanol–water partition coefficient (Wildman–Crippen LogP) is 4.09. The van der Waals surface area contributed by atoms with Crippen LogP contribution in [0.25, 0.3) is 0 Å². The second kappa shape index (κ2) is 17.9. The number of nitrogens with one attached hydrogen (secondary N) is 2. The van der Waals surface area contributed by atoms with Gasteiger partial charge in [0.05, 0.1) is 12.7 Å². The van der Waals surface area contributed by atoms with Crippen LogP contribution >= 0.6 is 0 Å². The number of carboxylic acids is 1. The third-order valence-electron chi connectivity index (χ3n) is 5.47. The molecule has 1 aliphatic rings.